The minimum atomic E-state index is -2.64. The second kappa shape index (κ2) is 6.14. The summed E-state index contributed by atoms with van der Waals surface area (Å²) >= 11 is 0. The Hall–Kier alpha value is -2.43. The molecule has 0 bridgehead atoms. The van der Waals surface area contributed by atoms with E-state index in [1.165, 1.54) is 24.3 Å². The third-order valence-electron chi connectivity index (χ3n) is 2.79. The Morgan fingerprint density at radius 2 is 1.75 bits per heavy atom. The van der Waals surface area contributed by atoms with Crippen molar-refractivity contribution in [3.63, 3.8) is 0 Å². The Morgan fingerprint density at radius 3 is 2.45 bits per heavy atom. The highest BCUT2D eigenvalue weighted by Gasteiger charge is 2.14. The van der Waals surface area contributed by atoms with Gasteiger partial charge in [0.2, 0.25) is 0 Å². The summed E-state index contributed by atoms with van der Waals surface area (Å²) < 4.78 is 30.9. The minimum absolute atomic E-state index is 0.0580. The Labute approximate surface area is 114 Å². The van der Waals surface area contributed by atoms with Crippen LogP contribution in [-0.4, -0.2) is 11.1 Å². The molecule has 2 aromatic carbocycles. The number of carbonyl (C=O) groups is 1. The zero-order valence-corrected chi connectivity index (χ0v) is 10.4. The van der Waals surface area contributed by atoms with E-state index < -0.39 is 12.4 Å². The van der Waals surface area contributed by atoms with Crippen molar-refractivity contribution in [2.24, 2.45) is 0 Å². The number of benzene rings is 2. The number of carboxylic acids is 1. The van der Waals surface area contributed by atoms with Crippen LogP contribution < -0.4 is 4.74 Å². The molecule has 0 saturated carbocycles. The van der Waals surface area contributed by atoms with Crippen LogP contribution in [-0.2, 0) is 6.61 Å². The van der Waals surface area contributed by atoms with Crippen LogP contribution in [0.3, 0.4) is 0 Å². The first-order chi connectivity index (χ1) is 9.59. The standard InChI is InChI=1S/C15H12F2O3/c16-14(17)12-7-3-4-8-13(12)20-9-10-5-1-2-6-11(10)15(18)19/h1-8,14H,9H2,(H,18,19). The predicted octanol–water partition coefficient (Wildman–Crippen LogP) is 3.90. The van der Waals surface area contributed by atoms with Gasteiger partial charge in [-0.1, -0.05) is 30.3 Å². The lowest BCUT2D eigenvalue weighted by atomic mass is 10.1. The molecule has 0 aliphatic carbocycles. The number of ether oxygens (including phenoxy) is 1. The molecule has 0 fully saturated rings. The average Bonchev–Trinajstić information content (AvgIpc) is 2.45. The van der Waals surface area contributed by atoms with Crippen molar-refractivity contribution in [1.82, 2.24) is 0 Å². The van der Waals surface area contributed by atoms with Crippen LogP contribution in [0.25, 0.3) is 0 Å². The summed E-state index contributed by atoms with van der Waals surface area (Å²) in [6.45, 7) is -0.0772. The number of halogens is 2. The first-order valence-electron chi connectivity index (χ1n) is 5.90. The number of hydrogen-bond acceptors (Lipinski definition) is 2. The van der Waals surface area contributed by atoms with Crippen molar-refractivity contribution in [1.29, 1.82) is 0 Å². The number of para-hydroxylation sites is 1. The number of alkyl halides is 2. The van der Waals surface area contributed by atoms with Gasteiger partial charge in [-0.3, -0.25) is 0 Å². The fourth-order valence-corrected chi connectivity index (χ4v) is 1.80. The summed E-state index contributed by atoms with van der Waals surface area (Å²) in [6.07, 6.45) is -2.64. The monoisotopic (exact) mass is 278 g/mol. The number of carboxylic acid groups (broad SMARTS) is 1. The fourth-order valence-electron chi connectivity index (χ4n) is 1.80. The van der Waals surface area contributed by atoms with E-state index in [4.69, 9.17) is 9.84 Å². The molecule has 2 rings (SSSR count). The van der Waals surface area contributed by atoms with Crippen molar-refractivity contribution >= 4 is 5.97 Å². The van der Waals surface area contributed by atoms with Crippen LogP contribution in [0.2, 0.25) is 0 Å². The highest BCUT2D eigenvalue weighted by atomic mass is 19.3. The number of rotatable bonds is 5. The van der Waals surface area contributed by atoms with Gasteiger partial charge in [-0.15, -0.1) is 0 Å². The summed E-state index contributed by atoms with van der Waals surface area (Å²) in [6, 6.07) is 12.1. The van der Waals surface area contributed by atoms with Crippen molar-refractivity contribution in [2.45, 2.75) is 13.0 Å². The zero-order chi connectivity index (χ0) is 14.5. The maximum absolute atomic E-state index is 12.8. The molecule has 0 spiro atoms. The number of hydrogen-bond donors (Lipinski definition) is 1. The Kier molecular flexibility index (Phi) is 4.30. The Bertz CT molecular complexity index is 612. The van der Waals surface area contributed by atoms with E-state index in [1.807, 2.05) is 0 Å². The second-order valence-corrected chi connectivity index (χ2v) is 4.09. The molecule has 0 aliphatic heterocycles. The number of aromatic carboxylic acids is 1. The molecule has 2 aromatic rings. The van der Waals surface area contributed by atoms with Crippen molar-refractivity contribution in [2.75, 3.05) is 0 Å². The summed E-state index contributed by atoms with van der Waals surface area (Å²) in [7, 11) is 0. The highest BCUT2D eigenvalue weighted by molar-refractivity contribution is 5.89. The van der Waals surface area contributed by atoms with Crippen LogP contribution in [0, 0.1) is 0 Å². The molecule has 0 heterocycles. The molecule has 0 saturated heterocycles. The molecule has 3 nitrogen and oxygen atoms in total. The third-order valence-corrected chi connectivity index (χ3v) is 2.79. The van der Waals surface area contributed by atoms with Gasteiger partial charge in [-0.25, -0.2) is 13.6 Å². The average molecular weight is 278 g/mol. The van der Waals surface area contributed by atoms with Crippen molar-refractivity contribution in [3.8, 4) is 5.75 Å². The van der Waals surface area contributed by atoms with Crippen LogP contribution in [0.1, 0.15) is 27.9 Å². The maximum atomic E-state index is 12.8. The van der Waals surface area contributed by atoms with Gasteiger partial charge >= 0.3 is 5.97 Å². The van der Waals surface area contributed by atoms with Crippen LogP contribution >= 0.6 is 0 Å². The second-order valence-electron chi connectivity index (χ2n) is 4.09. The van der Waals surface area contributed by atoms with Crippen LogP contribution in [0.5, 0.6) is 5.75 Å². The maximum Gasteiger partial charge on any atom is 0.336 e. The van der Waals surface area contributed by atoms with E-state index in [1.54, 1.807) is 24.3 Å². The topological polar surface area (TPSA) is 46.5 Å². The van der Waals surface area contributed by atoms with E-state index in [-0.39, 0.29) is 23.5 Å². The van der Waals surface area contributed by atoms with E-state index >= 15 is 0 Å². The normalized spacial score (nSPS) is 10.6. The summed E-state index contributed by atoms with van der Waals surface area (Å²) in [5.74, 6) is -1.02. The van der Waals surface area contributed by atoms with Crippen LogP contribution in [0.4, 0.5) is 8.78 Å². The quantitative estimate of drug-likeness (QED) is 0.902. The lowest BCUT2D eigenvalue weighted by Crippen LogP contribution is -2.06. The molecule has 104 valence electrons. The van der Waals surface area contributed by atoms with E-state index in [9.17, 15) is 13.6 Å². The van der Waals surface area contributed by atoms with E-state index in [0.29, 0.717) is 5.56 Å². The van der Waals surface area contributed by atoms with Gasteiger partial charge in [0.1, 0.15) is 12.4 Å². The summed E-state index contributed by atoms with van der Waals surface area (Å²) in [5, 5.41) is 9.03. The Morgan fingerprint density at radius 1 is 1.10 bits per heavy atom. The van der Waals surface area contributed by atoms with Gasteiger partial charge in [-0.2, -0.15) is 0 Å². The van der Waals surface area contributed by atoms with Gasteiger partial charge < -0.3 is 9.84 Å². The van der Waals surface area contributed by atoms with E-state index in [2.05, 4.69) is 0 Å². The fraction of sp³-hybridized carbons (Fsp3) is 0.133. The first-order valence-corrected chi connectivity index (χ1v) is 5.90. The van der Waals surface area contributed by atoms with Crippen molar-refractivity contribution in [3.05, 3.63) is 65.2 Å². The van der Waals surface area contributed by atoms with Crippen LogP contribution in [0.15, 0.2) is 48.5 Å². The largest absolute Gasteiger partial charge is 0.488 e. The molecule has 5 heteroatoms. The molecule has 20 heavy (non-hydrogen) atoms. The predicted molar refractivity (Wildman–Crippen MR) is 69.1 cm³/mol. The van der Waals surface area contributed by atoms with Crippen molar-refractivity contribution < 1.29 is 23.4 Å². The molecule has 0 unspecified atom stereocenters. The highest BCUT2D eigenvalue weighted by Crippen LogP contribution is 2.29. The lowest BCUT2D eigenvalue weighted by molar-refractivity contribution is 0.0693. The summed E-state index contributed by atoms with van der Waals surface area (Å²) in [5.41, 5.74) is 0.325. The van der Waals surface area contributed by atoms with Gasteiger partial charge in [0.05, 0.1) is 11.1 Å². The smallest absolute Gasteiger partial charge is 0.336 e. The van der Waals surface area contributed by atoms with Gasteiger partial charge in [0.15, 0.2) is 0 Å². The molecule has 1 N–H and O–H groups in total. The molecule has 0 radical (unpaired) electrons. The van der Waals surface area contributed by atoms with E-state index in [0.717, 1.165) is 0 Å². The first kappa shape index (κ1) is 14.0. The molecule has 0 aliphatic rings. The molecule has 0 aromatic heterocycles. The summed E-state index contributed by atoms with van der Waals surface area (Å²) in [4.78, 5) is 11.0. The molecule has 0 amide bonds. The molecule has 0 atom stereocenters. The molecular weight excluding hydrogens is 266 g/mol. The Balaban J connectivity index is 2.20. The molecular formula is C15H12F2O3. The lowest BCUT2D eigenvalue weighted by Gasteiger charge is -2.12. The van der Waals surface area contributed by atoms with Gasteiger partial charge in [0.25, 0.3) is 6.43 Å². The minimum Gasteiger partial charge on any atom is -0.488 e. The zero-order valence-electron chi connectivity index (χ0n) is 10.4. The van der Waals surface area contributed by atoms with Gasteiger partial charge in [-0.05, 0) is 18.2 Å². The third kappa shape index (κ3) is 3.12. The SMILES string of the molecule is O=C(O)c1ccccc1COc1ccccc1C(F)F. The van der Waals surface area contributed by atoms with Gasteiger partial charge in [0, 0.05) is 5.56 Å².